The van der Waals surface area contributed by atoms with Crippen molar-refractivity contribution >= 4 is 17.5 Å². The molecule has 7 heteroatoms. The van der Waals surface area contributed by atoms with E-state index in [1.807, 2.05) is 28.8 Å². The van der Waals surface area contributed by atoms with E-state index in [0.717, 1.165) is 17.8 Å². The maximum Gasteiger partial charge on any atom is 0.173 e. The molecule has 3 rings (SSSR count). The second-order valence-electron chi connectivity index (χ2n) is 5.12. The van der Waals surface area contributed by atoms with Crippen molar-refractivity contribution in [2.75, 3.05) is 12.9 Å². The first-order valence-electron chi connectivity index (χ1n) is 7.37. The topological polar surface area (TPSA) is 44.1 Å². The minimum Gasteiger partial charge on any atom is -0.497 e. The second-order valence-corrected chi connectivity index (χ2v) is 6.06. The van der Waals surface area contributed by atoms with Crippen LogP contribution >= 0.6 is 11.8 Å². The van der Waals surface area contributed by atoms with E-state index in [9.17, 15) is 13.6 Å². The molecule has 3 aromatic rings. The number of Topliss-reactive ketones (excluding diaryl/α,β-unsaturated/α-hetero) is 1. The highest BCUT2D eigenvalue weighted by Gasteiger charge is 2.13. The number of imidazole rings is 1. The zero-order chi connectivity index (χ0) is 17.8. The van der Waals surface area contributed by atoms with Gasteiger partial charge in [0.2, 0.25) is 0 Å². The Balaban J connectivity index is 1.75. The molecule has 0 fully saturated rings. The van der Waals surface area contributed by atoms with Crippen LogP contribution in [0, 0.1) is 11.6 Å². The lowest BCUT2D eigenvalue weighted by Crippen LogP contribution is -2.05. The normalized spacial score (nSPS) is 10.7. The van der Waals surface area contributed by atoms with Crippen LogP contribution in [0.15, 0.2) is 60.0 Å². The number of thioether (sulfide) groups is 1. The van der Waals surface area contributed by atoms with Gasteiger partial charge < -0.3 is 4.74 Å². The standard InChI is InChI=1S/C18H14F2N2O2S/c1-24-14-4-2-3-13(10-14)22-8-7-21-18(22)25-11-17(23)12-5-6-15(19)16(20)9-12/h2-10H,11H2,1H3. The lowest BCUT2D eigenvalue weighted by molar-refractivity contribution is 0.102. The van der Waals surface area contributed by atoms with E-state index in [1.165, 1.54) is 17.8 Å². The largest absolute Gasteiger partial charge is 0.497 e. The number of carbonyl (C=O) groups excluding carboxylic acids is 1. The van der Waals surface area contributed by atoms with Gasteiger partial charge >= 0.3 is 0 Å². The molecule has 2 aromatic carbocycles. The fourth-order valence-electron chi connectivity index (χ4n) is 2.24. The summed E-state index contributed by atoms with van der Waals surface area (Å²) in [6.07, 6.45) is 3.41. The van der Waals surface area contributed by atoms with Crippen LogP contribution in [0.1, 0.15) is 10.4 Å². The molecule has 0 N–H and O–H groups in total. The SMILES string of the molecule is COc1cccc(-n2ccnc2SCC(=O)c2ccc(F)c(F)c2)c1. The van der Waals surface area contributed by atoms with Gasteiger partial charge in [0.1, 0.15) is 5.75 Å². The fourth-order valence-corrected chi connectivity index (χ4v) is 3.10. The van der Waals surface area contributed by atoms with Crippen LogP contribution in [0.4, 0.5) is 8.78 Å². The molecular weight excluding hydrogens is 346 g/mol. The zero-order valence-electron chi connectivity index (χ0n) is 13.3. The average Bonchev–Trinajstić information content (AvgIpc) is 3.10. The molecule has 0 saturated carbocycles. The van der Waals surface area contributed by atoms with Gasteiger partial charge in [-0.3, -0.25) is 9.36 Å². The van der Waals surface area contributed by atoms with Crippen LogP contribution in [0.3, 0.4) is 0 Å². The molecular formula is C18H14F2N2O2S. The zero-order valence-corrected chi connectivity index (χ0v) is 14.1. The van der Waals surface area contributed by atoms with Crippen LogP contribution in [0.25, 0.3) is 5.69 Å². The summed E-state index contributed by atoms with van der Waals surface area (Å²) in [6, 6.07) is 10.6. The van der Waals surface area contributed by atoms with Gasteiger partial charge in [-0.05, 0) is 30.3 Å². The monoisotopic (exact) mass is 360 g/mol. The van der Waals surface area contributed by atoms with Gasteiger partial charge in [-0.1, -0.05) is 17.8 Å². The molecule has 0 radical (unpaired) electrons. The Labute approximate surface area is 147 Å². The summed E-state index contributed by atoms with van der Waals surface area (Å²) in [6.45, 7) is 0. The highest BCUT2D eigenvalue weighted by atomic mass is 32.2. The Morgan fingerprint density at radius 2 is 2.04 bits per heavy atom. The van der Waals surface area contributed by atoms with Crippen LogP contribution in [-0.4, -0.2) is 28.2 Å². The predicted molar refractivity (Wildman–Crippen MR) is 91.5 cm³/mol. The summed E-state index contributed by atoms with van der Waals surface area (Å²) in [5, 5.41) is 0.615. The first kappa shape index (κ1) is 17.2. The first-order chi connectivity index (χ1) is 12.1. The molecule has 0 unspecified atom stereocenters. The van der Waals surface area contributed by atoms with Crippen molar-refractivity contribution in [2.45, 2.75) is 5.16 Å². The van der Waals surface area contributed by atoms with Crippen molar-refractivity contribution in [3.63, 3.8) is 0 Å². The lowest BCUT2D eigenvalue weighted by Gasteiger charge is -2.09. The van der Waals surface area contributed by atoms with Crippen molar-refractivity contribution in [2.24, 2.45) is 0 Å². The van der Waals surface area contributed by atoms with Gasteiger partial charge in [-0.15, -0.1) is 0 Å². The molecule has 0 aliphatic heterocycles. The Morgan fingerprint density at radius 1 is 1.20 bits per heavy atom. The summed E-state index contributed by atoms with van der Waals surface area (Å²) < 4.78 is 33.2. The number of methoxy groups -OCH3 is 1. The minimum absolute atomic E-state index is 0.0616. The number of ketones is 1. The Kier molecular flexibility index (Phi) is 5.14. The molecule has 0 aliphatic rings. The van der Waals surface area contributed by atoms with Crippen LogP contribution in [0.5, 0.6) is 5.75 Å². The number of halogens is 2. The lowest BCUT2D eigenvalue weighted by atomic mass is 10.1. The molecule has 0 saturated heterocycles. The maximum absolute atomic E-state index is 13.2. The summed E-state index contributed by atoms with van der Waals surface area (Å²) in [5.41, 5.74) is 0.977. The van der Waals surface area contributed by atoms with Crippen molar-refractivity contribution in [3.05, 3.63) is 72.1 Å². The summed E-state index contributed by atoms with van der Waals surface area (Å²) in [7, 11) is 1.59. The van der Waals surface area contributed by atoms with Gasteiger partial charge in [0.25, 0.3) is 0 Å². The Bertz CT molecular complexity index is 912. The van der Waals surface area contributed by atoms with Gasteiger partial charge in [0.05, 0.1) is 18.6 Å². The molecule has 1 aromatic heterocycles. The molecule has 0 atom stereocenters. The first-order valence-corrected chi connectivity index (χ1v) is 8.36. The molecule has 0 spiro atoms. The highest BCUT2D eigenvalue weighted by Crippen LogP contribution is 2.24. The van der Waals surface area contributed by atoms with Crippen LogP contribution < -0.4 is 4.74 Å². The Hall–Kier alpha value is -2.67. The Morgan fingerprint density at radius 3 is 2.80 bits per heavy atom. The van der Waals surface area contributed by atoms with E-state index >= 15 is 0 Å². The van der Waals surface area contributed by atoms with Gasteiger partial charge in [-0.2, -0.15) is 0 Å². The van der Waals surface area contributed by atoms with E-state index in [2.05, 4.69) is 4.98 Å². The molecule has 0 bridgehead atoms. The number of hydrogen-bond donors (Lipinski definition) is 0. The molecule has 0 amide bonds. The number of aromatic nitrogens is 2. The van der Waals surface area contributed by atoms with E-state index in [-0.39, 0.29) is 17.1 Å². The van der Waals surface area contributed by atoms with Gasteiger partial charge in [-0.25, -0.2) is 13.8 Å². The maximum atomic E-state index is 13.2. The third-order valence-electron chi connectivity index (χ3n) is 3.51. The number of rotatable bonds is 6. The van der Waals surface area contributed by atoms with E-state index in [1.54, 1.807) is 19.5 Å². The molecule has 4 nitrogen and oxygen atoms in total. The van der Waals surface area contributed by atoms with Crippen molar-refractivity contribution in [3.8, 4) is 11.4 Å². The van der Waals surface area contributed by atoms with E-state index < -0.39 is 11.6 Å². The van der Waals surface area contributed by atoms with Gasteiger partial charge in [0.15, 0.2) is 22.6 Å². The van der Waals surface area contributed by atoms with Gasteiger partial charge in [0, 0.05) is 24.0 Å². The number of hydrogen-bond acceptors (Lipinski definition) is 4. The third kappa shape index (κ3) is 3.88. The van der Waals surface area contributed by atoms with Crippen LogP contribution in [-0.2, 0) is 0 Å². The number of ether oxygens (including phenoxy) is 1. The summed E-state index contributed by atoms with van der Waals surface area (Å²) >= 11 is 1.22. The number of benzene rings is 2. The molecule has 25 heavy (non-hydrogen) atoms. The highest BCUT2D eigenvalue weighted by molar-refractivity contribution is 7.99. The van der Waals surface area contributed by atoms with E-state index in [4.69, 9.17) is 4.74 Å². The minimum atomic E-state index is -1.03. The summed E-state index contributed by atoms with van der Waals surface area (Å²) in [5.74, 6) is -1.54. The second kappa shape index (κ2) is 7.48. The summed E-state index contributed by atoms with van der Waals surface area (Å²) in [4.78, 5) is 16.4. The molecule has 1 heterocycles. The van der Waals surface area contributed by atoms with Crippen molar-refractivity contribution in [1.29, 1.82) is 0 Å². The number of nitrogens with zero attached hydrogens (tertiary/aromatic N) is 2. The fraction of sp³-hybridized carbons (Fsp3) is 0.111. The van der Waals surface area contributed by atoms with Crippen LogP contribution in [0.2, 0.25) is 0 Å². The molecule has 128 valence electrons. The van der Waals surface area contributed by atoms with E-state index in [0.29, 0.717) is 10.9 Å². The van der Waals surface area contributed by atoms with Crippen molar-refractivity contribution in [1.82, 2.24) is 9.55 Å². The number of carbonyl (C=O) groups is 1. The smallest absolute Gasteiger partial charge is 0.173 e. The quantitative estimate of drug-likeness (QED) is 0.490. The predicted octanol–water partition coefficient (Wildman–Crippen LogP) is 4.13. The van der Waals surface area contributed by atoms with Crippen molar-refractivity contribution < 1.29 is 18.3 Å². The third-order valence-corrected chi connectivity index (χ3v) is 4.48. The average molecular weight is 360 g/mol. The molecule has 0 aliphatic carbocycles.